The smallest absolute Gasteiger partial charge is 0.298 e. The fourth-order valence-corrected chi connectivity index (χ4v) is 4.44. The summed E-state index contributed by atoms with van der Waals surface area (Å²) in [7, 11) is 0. The molecule has 0 N–H and O–H groups in total. The number of aryl methyl sites for hydroxylation is 1. The second-order valence-electron chi connectivity index (χ2n) is 7.06. The van der Waals surface area contributed by atoms with Gasteiger partial charge in [0.2, 0.25) is 0 Å². The summed E-state index contributed by atoms with van der Waals surface area (Å²) < 4.78 is 4.95. The molecule has 6 heteroatoms. The van der Waals surface area contributed by atoms with Crippen LogP contribution in [-0.4, -0.2) is 19.9 Å². The van der Waals surface area contributed by atoms with Crippen molar-refractivity contribution in [3.63, 3.8) is 0 Å². The lowest BCUT2D eigenvalue weighted by atomic mass is 10.0. The Hall–Kier alpha value is -2.99. The molecule has 4 aromatic rings. The molecular formula is C22H22N4OS. The molecule has 0 aliphatic heterocycles. The lowest BCUT2D eigenvalue weighted by Gasteiger charge is -2.05. The number of thiazole rings is 1. The highest BCUT2D eigenvalue weighted by atomic mass is 32.1. The summed E-state index contributed by atoms with van der Waals surface area (Å²) in [4.78, 5) is 22.7. The van der Waals surface area contributed by atoms with Crippen LogP contribution in [0.4, 0.5) is 0 Å². The number of hydrogen-bond donors (Lipinski definition) is 0. The highest BCUT2D eigenvalue weighted by Gasteiger charge is 2.17. The molecule has 142 valence electrons. The standard InChI is InChI=1S/C22H22N4OS/c1-5-11-25-17-10-9-16(14(2)3)13-18(17)28-22(25)24-21(27)20-15(4)23-19-8-6-7-12-26(19)20/h5-10,12-14H,1,11H2,2-4H3. The van der Waals surface area contributed by atoms with E-state index in [4.69, 9.17) is 0 Å². The molecule has 0 aliphatic rings. The quantitative estimate of drug-likeness (QED) is 0.474. The Bertz CT molecular complexity index is 1270. The van der Waals surface area contributed by atoms with Gasteiger partial charge in [-0.2, -0.15) is 4.99 Å². The number of hydrogen-bond acceptors (Lipinski definition) is 3. The number of carbonyl (C=O) groups excluding carboxylic acids is 1. The summed E-state index contributed by atoms with van der Waals surface area (Å²) in [5, 5.41) is 0. The van der Waals surface area contributed by atoms with E-state index >= 15 is 0 Å². The van der Waals surface area contributed by atoms with Crippen molar-refractivity contribution in [3.05, 3.63) is 77.0 Å². The van der Waals surface area contributed by atoms with Crippen molar-refractivity contribution in [2.45, 2.75) is 33.2 Å². The van der Waals surface area contributed by atoms with Crippen molar-refractivity contribution in [2.24, 2.45) is 4.99 Å². The fourth-order valence-electron chi connectivity index (χ4n) is 3.35. The Morgan fingerprint density at radius 3 is 2.89 bits per heavy atom. The Balaban J connectivity index is 1.90. The molecule has 0 atom stereocenters. The third kappa shape index (κ3) is 3.10. The minimum Gasteiger partial charge on any atom is -0.312 e. The zero-order valence-corrected chi connectivity index (χ0v) is 17.0. The van der Waals surface area contributed by atoms with Crippen LogP contribution < -0.4 is 4.80 Å². The van der Waals surface area contributed by atoms with Crippen LogP contribution in [0.5, 0.6) is 0 Å². The Kier molecular flexibility index (Phi) is 4.73. The van der Waals surface area contributed by atoms with Crippen LogP contribution in [0.2, 0.25) is 0 Å². The molecule has 3 aromatic heterocycles. The number of rotatable bonds is 4. The summed E-state index contributed by atoms with van der Waals surface area (Å²) in [6.45, 7) is 10.6. The first-order valence-electron chi connectivity index (χ1n) is 9.26. The number of benzene rings is 1. The predicted molar refractivity (Wildman–Crippen MR) is 114 cm³/mol. The van der Waals surface area contributed by atoms with Crippen molar-refractivity contribution in [1.82, 2.24) is 14.0 Å². The van der Waals surface area contributed by atoms with E-state index in [2.05, 4.69) is 48.6 Å². The van der Waals surface area contributed by atoms with E-state index in [0.717, 1.165) is 15.9 Å². The molecule has 0 spiro atoms. The summed E-state index contributed by atoms with van der Waals surface area (Å²) in [5.41, 5.74) is 4.26. The van der Waals surface area contributed by atoms with Crippen molar-refractivity contribution >= 4 is 33.1 Å². The number of imidazole rings is 1. The molecule has 0 saturated carbocycles. The number of fused-ring (bicyclic) bond motifs is 2. The lowest BCUT2D eigenvalue weighted by molar-refractivity contribution is 0.0991. The summed E-state index contributed by atoms with van der Waals surface area (Å²) in [6.07, 6.45) is 3.67. The fraction of sp³-hybridized carbons (Fsp3) is 0.227. The van der Waals surface area contributed by atoms with E-state index in [0.29, 0.717) is 28.7 Å². The monoisotopic (exact) mass is 390 g/mol. The van der Waals surface area contributed by atoms with Crippen LogP contribution in [0.1, 0.15) is 41.5 Å². The van der Waals surface area contributed by atoms with Crippen LogP contribution in [0.3, 0.4) is 0 Å². The van der Waals surface area contributed by atoms with Gasteiger partial charge in [-0.1, -0.05) is 43.4 Å². The van der Waals surface area contributed by atoms with Crippen molar-refractivity contribution in [2.75, 3.05) is 0 Å². The van der Waals surface area contributed by atoms with Crippen molar-refractivity contribution in [3.8, 4) is 0 Å². The third-order valence-electron chi connectivity index (χ3n) is 4.79. The van der Waals surface area contributed by atoms with Crippen LogP contribution in [0.25, 0.3) is 15.9 Å². The number of carbonyl (C=O) groups is 1. The topological polar surface area (TPSA) is 51.7 Å². The van der Waals surface area contributed by atoms with E-state index in [1.165, 1.54) is 16.9 Å². The minimum atomic E-state index is -0.287. The molecule has 1 amide bonds. The van der Waals surface area contributed by atoms with E-state index in [1.807, 2.05) is 42.0 Å². The SMILES string of the molecule is C=CCn1c(=NC(=O)c2c(C)nc3ccccn23)sc2cc(C(C)C)ccc21. The van der Waals surface area contributed by atoms with Gasteiger partial charge in [0, 0.05) is 12.7 Å². The largest absolute Gasteiger partial charge is 0.312 e. The Morgan fingerprint density at radius 1 is 1.32 bits per heavy atom. The molecule has 0 fully saturated rings. The van der Waals surface area contributed by atoms with Crippen molar-refractivity contribution < 1.29 is 4.79 Å². The van der Waals surface area contributed by atoms with Gasteiger partial charge in [0.05, 0.1) is 15.9 Å². The molecule has 5 nitrogen and oxygen atoms in total. The summed E-state index contributed by atoms with van der Waals surface area (Å²) >= 11 is 1.53. The van der Waals surface area contributed by atoms with Crippen LogP contribution >= 0.6 is 11.3 Å². The minimum absolute atomic E-state index is 0.287. The summed E-state index contributed by atoms with van der Waals surface area (Å²) in [5.74, 6) is 0.159. The summed E-state index contributed by atoms with van der Waals surface area (Å²) in [6, 6.07) is 12.1. The molecular weight excluding hydrogens is 368 g/mol. The van der Waals surface area contributed by atoms with Crippen molar-refractivity contribution in [1.29, 1.82) is 0 Å². The molecule has 4 rings (SSSR count). The lowest BCUT2D eigenvalue weighted by Crippen LogP contribution is -2.17. The zero-order chi connectivity index (χ0) is 19.8. The van der Waals surface area contributed by atoms with Gasteiger partial charge in [-0.05, 0) is 42.7 Å². The van der Waals surface area contributed by atoms with E-state index in [-0.39, 0.29) is 5.91 Å². The van der Waals surface area contributed by atoms with Gasteiger partial charge in [-0.3, -0.25) is 9.20 Å². The van der Waals surface area contributed by atoms with Crippen LogP contribution in [-0.2, 0) is 6.54 Å². The second-order valence-corrected chi connectivity index (χ2v) is 8.07. The van der Waals surface area contributed by atoms with E-state index < -0.39 is 0 Å². The molecule has 0 radical (unpaired) electrons. The first-order valence-corrected chi connectivity index (χ1v) is 10.1. The van der Waals surface area contributed by atoms with Gasteiger partial charge in [0.25, 0.3) is 5.91 Å². The molecule has 1 aromatic carbocycles. The molecule has 0 bridgehead atoms. The molecule has 0 unspecified atom stereocenters. The van der Waals surface area contributed by atoms with E-state index in [1.54, 1.807) is 4.40 Å². The average Bonchev–Trinajstić information content (AvgIpc) is 3.18. The third-order valence-corrected chi connectivity index (χ3v) is 5.83. The maximum absolute atomic E-state index is 13.1. The number of allylic oxidation sites excluding steroid dienone is 1. The number of nitrogens with zero attached hydrogens (tertiary/aromatic N) is 4. The number of amides is 1. The maximum atomic E-state index is 13.1. The number of pyridine rings is 1. The zero-order valence-electron chi connectivity index (χ0n) is 16.2. The molecule has 0 aliphatic carbocycles. The number of aromatic nitrogens is 3. The second kappa shape index (κ2) is 7.20. The first kappa shape index (κ1) is 18.4. The van der Waals surface area contributed by atoms with E-state index in [9.17, 15) is 4.79 Å². The van der Waals surface area contributed by atoms with Gasteiger partial charge >= 0.3 is 0 Å². The average molecular weight is 391 g/mol. The van der Waals surface area contributed by atoms with Crippen LogP contribution in [0, 0.1) is 6.92 Å². The first-order chi connectivity index (χ1) is 13.5. The molecule has 3 heterocycles. The highest BCUT2D eigenvalue weighted by Crippen LogP contribution is 2.24. The van der Waals surface area contributed by atoms with Gasteiger partial charge in [-0.15, -0.1) is 6.58 Å². The van der Waals surface area contributed by atoms with Gasteiger partial charge in [0.15, 0.2) is 4.80 Å². The predicted octanol–water partition coefficient (Wildman–Crippen LogP) is 4.71. The van der Waals surface area contributed by atoms with Gasteiger partial charge in [-0.25, -0.2) is 4.98 Å². The Labute approximate surface area is 167 Å². The molecule has 0 saturated heterocycles. The van der Waals surface area contributed by atoms with Gasteiger partial charge < -0.3 is 4.57 Å². The maximum Gasteiger partial charge on any atom is 0.298 e. The van der Waals surface area contributed by atoms with Gasteiger partial charge in [0.1, 0.15) is 11.3 Å². The van der Waals surface area contributed by atoms with Crippen LogP contribution in [0.15, 0.2) is 60.2 Å². The normalized spacial score (nSPS) is 12.4. The highest BCUT2D eigenvalue weighted by molar-refractivity contribution is 7.16. The molecule has 28 heavy (non-hydrogen) atoms. The Morgan fingerprint density at radius 2 is 2.14 bits per heavy atom.